The molecule has 0 aromatic carbocycles. The van der Waals surface area contributed by atoms with Crippen LogP contribution in [-0.4, -0.2) is 4.98 Å². The zero-order valence-electron chi connectivity index (χ0n) is 7.65. The largest absolute Gasteiger partial charge is 0.418 e. The van der Waals surface area contributed by atoms with Crippen molar-refractivity contribution in [2.75, 3.05) is 0 Å². The quantitative estimate of drug-likeness (QED) is 0.505. The van der Waals surface area contributed by atoms with E-state index in [0.29, 0.717) is 6.07 Å². The number of aromatic nitrogens is 1. The van der Waals surface area contributed by atoms with Crippen LogP contribution in [0.3, 0.4) is 0 Å². The second kappa shape index (κ2) is 4.78. The maximum absolute atomic E-state index is 12.4. The van der Waals surface area contributed by atoms with Gasteiger partial charge in [-0.15, -0.1) is 0 Å². The topological polar surface area (TPSA) is 38.9 Å². The first-order chi connectivity index (χ1) is 7.27. The Bertz CT molecular complexity index is 391. The van der Waals surface area contributed by atoms with E-state index in [9.17, 15) is 22.0 Å². The van der Waals surface area contributed by atoms with Crippen molar-refractivity contribution in [3.63, 3.8) is 0 Å². The lowest BCUT2D eigenvalue weighted by atomic mass is 10.1. The fourth-order valence-electron chi connectivity index (χ4n) is 1.10. The minimum Gasteiger partial charge on any atom is -0.326 e. The van der Waals surface area contributed by atoms with Gasteiger partial charge in [0.15, 0.2) is 0 Å². The summed E-state index contributed by atoms with van der Waals surface area (Å²) >= 11 is 1.27. The molecule has 0 fully saturated rings. The van der Waals surface area contributed by atoms with E-state index < -0.39 is 34.1 Å². The Labute approximate surface area is 101 Å². The highest BCUT2D eigenvalue weighted by molar-refractivity contribution is 14.1. The first kappa shape index (κ1) is 13.6. The predicted octanol–water partition coefficient (Wildman–Crippen LogP) is 3.10. The molecule has 0 unspecified atom stereocenters. The SMILES string of the molecule is NCc1cc(C(F)(F)F)c(I)nc1C(F)F. The maximum Gasteiger partial charge on any atom is 0.418 e. The van der Waals surface area contributed by atoms with Crippen molar-refractivity contribution >= 4 is 22.6 Å². The smallest absolute Gasteiger partial charge is 0.326 e. The standard InChI is InChI=1S/C8H6F5IN2/c9-6(10)5-3(2-15)1-4(7(14)16-5)8(11,12)13/h1,6H,2,15H2. The van der Waals surface area contributed by atoms with E-state index in [1.54, 1.807) is 0 Å². The lowest BCUT2D eigenvalue weighted by Gasteiger charge is -2.13. The molecule has 0 aliphatic rings. The number of nitrogens with two attached hydrogens (primary N) is 1. The van der Waals surface area contributed by atoms with Crippen LogP contribution in [0, 0.1) is 3.70 Å². The van der Waals surface area contributed by atoms with Gasteiger partial charge in [-0.2, -0.15) is 13.2 Å². The van der Waals surface area contributed by atoms with E-state index in [0.717, 1.165) is 0 Å². The third-order valence-corrected chi connectivity index (χ3v) is 2.64. The Balaban J connectivity index is 3.37. The summed E-state index contributed by atoms with van der Waals surface area (Å²) in [6.07, 6.45) is -7.55. The first-order valence-corrected chi connectivity index (χ1v) is 5.10. The Morgan fingerprint density at radius 3 is 2.31 bits per heavy atom. The summed E-state index contributed by atoms with van der Waals surface area (Å²) in [4.78, 5) is 3.25. The van der Waals surface area contributed by atoms with Gasteiger partial charge in [0.25, 0.3) is 6.43 Å². The van der Waals surface area contributed by atoms with Gasteiger partial charge in [-0.3, -0.25) is 0 Å². The summed E-state index contributed by atoms with van der Waals surface area (Å²) in [6, 6.07) is 0.621. The van der Waals surface area contributed by atoms with Crippen molar-refractivity contribution in [2.45, 2.75) is 19.1 Å². The molecule has 0 aliphatic heterocycles. The van der Waals surface area contributed by atoms with Crippen LogP contribution < -0.4 is 5.73 Å². The van der Waals surface area contributed by atoms with E-state index >= 15 is 0 Å². The second-order valence-corrected chi connectivity index (χ2v) is 3.90. The van der Waals surface area contributed by atoms with Crippen molar-refractivity contribution in [1.82, 2.24) is 4.98 Å². The van der Waals surface area contributed by atoms with Crippen LogP contribution in [0.5, 0.6) is 0 Å². The Morgan fingerprint density at radius 2 is 1.94 bits per heavy atom. The van der Waals surface area contributed by atoms with Crippen molar-refractivity contribution in [3.05, 3.63) is 26.6 Å². The summed E-state index contributed by atoms with van der Waals surface area (Å²) < 4.78 is 61.6. The zero-order valence-corrected chi connectivity index (χ0v) is 9.81. The number of nitrogens with zero attached hydrogens (tertiary/aromatic N) is 1. The monoisotopic (exact) mass is 352 g/mol. The molecule has 0 aliphatic carbocycles. The molecule has 1 aromatic rings. The fraction of sp³-hybridized carbons (Fsp3) is 0.375. The van der Waals surface area contributed by atoms with Crippen molar-refractivity contribution < 1.29 is 22.0 Å². The summed E-state index contributed by atoms with van der Waals surface area (Å²) in [7, 11) is 0. The molecule has 0 saturated carbocycles. The number of halogens is 6. The molecule has 0 amide bonds. The molecular formula is C8H6F5IN2. The second-order valence-electron chi connectivity index (χ2n) is 2.87. The van der Waals surface area contributed by atoms with Gasteiger partial charge < -0.3 is 5.73 Å². The Hall–Kier alpha value is -0.510. The maximum atomic E-state index is 12.4. The van der Waals surface area contributed by atoms with Crippen LogP contribution in [0.25, 0.3) is 0 Å². The minimum atomic E-state index is -4.62. The average molecular weight is 352 g/mol. The molecule has 1 heterocycles. The molecule has 0 spiro atoms. The van der Waals surface area contributed by atoms with Crippen molar-refractivity contribution in [3.8, 4) is 0 Å². The lowest BCUT2D eigenvalue weighted by molar-refractivity contribution is -0.138. The minimum absolute atomic E-state index is 0.289. The molecule has 90 valence electrons. The highest BCUT2D eigenvalue weighted by atomic mass is 127. The molecule has 0 bridgehead atoms. The molecule has 0 radical (unpaired) electrons. The van der Waals surface area contributed by atoms with Crippen LogP contribution in [0.1, 0.15) is 23.2 Å². The molecular weight excluding hydrogens is 346 g/mol. The van der Waals surface area contributed by atoms with Gasteiger partial charge in [0, 0.05) is 6.54 Å². The highest BCUT2D eigenvalue weighted by Crippen LogP contribution is 2.34. The third-order valence-electron chi connectivity index (χ3n) is 1.82. The normalized spacial score (nSPS) is 12.2. The van der Waals surface area contributed by atoms with Crippen LogP contribution in [0.15, 0.2) is 6.07 Å². The van der Waals surface area contributed by atoms with Gasteiger partial charge >= 0.3 is 6.18 Å². The van der Waals surface area contributed by atoms with Gasteiger partial charge in [0.05, 0.1) is 5.56 Å². The van der Waals surface area contributed by atoms with Crippen molar-refractivity contribution in [2.24, 2.45) is 5.73 Å². The number of alkyl halides is 5. The summed E-state index contributed by atoms with van der Waals surface area (Å²) in [6.45, 7) is -0.410. The molecule has 0 saturated heterocycles. The molecule has 1 aromatic heterocycles. The van der Waals surface area contributed by atoms with E-state index in [4.69, 9.17) is 5.73 Å². The molecule has 8 heteroatoms. The van der Waals surface area contributed by atoms with Crippen LogP contribution in [0.2, 0.25) is 0 Å². The Kier molecular flexibility index (Phi) is 4.05. The van der Waals surface area contributed by atoms with Crippen LogP contribution in [-0.2, 0) is 12.7 Å². The molecule has 0 atom stereocenters. The van der Waals surface area contributed by atoms with Crippen molar-refractivity contribution in [1.29, 1.82) is 0 Å². The Morgan fingerprint density at radius 1 is 1.38 bits per heavy atom. The van der Waals surface area contributed by atoms with Gasteiger partial charge in [0.1, 0.15) is 9.39 Å². The number of hydrogen-bond donors (Lipinski definition) is 1. The van der Waals surface area contributed by atoms with E-state index in [1.807, 2.05) is 0 Å². The van der Waals surface area contributed by atoms with Gasteiger partial charge in [0.2, 0.25) is 0 Å². The first-order valence-electron chi connectivity index (χ1n) is 4.02. The van der Waals surface area contributed by atoms with E-state index in [2.05, 4.69) is 4.98 Å². The summed E-state index contributed by atoms with van der Waals surface area (Å²) in [5.41, 5.74) is 3.08. The highest BCUT2D eigenvalue weighted by Gasteiger charge is 2.35. The predicted molar refractivity (Wildman–Crippen MR) is 54.8 cm³/mol. The number of hydrogen-bond acceptors (Lipinski definition) is 2. The lowest BCUT2D eigenvalue weighted by Crippen LogP contribution is -2.14. The zero-order chi connectivity index (χ0) is 12.5. The summed E-state index contributed by atoms with van der Waals surface area (Å²) in [5, 5.41) is 0. The third kappa shape index (κ3) is 2.78. The number of pyridine rings is 1. The van der Waals surface area contributed by atoms with Gasteiger partial charge in [-0.05, 0) is 34.2 Å². The molecule has 16 heavy (non-hydrogen) atoms. The molecule has 1 rings (SSSR count). The van der Waals surface area contributed by atoms with Gasteiger partial charge in [-0.25, -0.2) is 13.8 Å². The number of rotatable bonds is 2. The average Bonchev–Trinajstić information content (AvgIpc) is 2.15. The van der Waals surface area contributed by atoms with E-state index in [1.165, 1.54) is 22.6 Å². The van der Waals surface area contributed by atoms with Crippen LogP contribution >= 0.6 is 22.6 Å². The van der Waals surface area contributed by atoms with E-state index in [-0.39, 0.29) is 5.56 Å². The summed E-state index contributed by atoms with van der Waals surface area (Å²) in [5.74, 6) is 0. The van der Waals surface area contributed by atoms with Crippen LogP contribution in [0.4, 0.5) is 22.0 Å². The van der Waals surface area contributed by atoms with Gasteiger partial charge in [-0.1, -0.05) is 0 Å². The molecule has 2 N–H and O–H groups in total. The molecule has 2 nitrogen and oxygen atoms in total. The fourth-order valence-corrected chi connectivity index (χ4v) is 1.82.